The average Bonchev–Trinajstić information content (AvgIpc) is 2.75. The van der Waals surface area contributed by atoms with Crippen LogP contribution in [0.1, 0.15) is 157 Å². The topological polar surface area (TPSA) is 52.6 Å². The minimum absolute atomic E-state index is 0. The molecule has 0 amide bonds. The van der Waals surface area contributed by atoms with Gasteiger partial charge in [0.05, 0.1) is 13.2 Å². The largest absolute Gasteiger partial charge is 1.00 e. The monoisotopic (exact) mass is 486 g/mol. The zero-order valence-electron chi connectivity index (χ0n) is 23.0. The molecule has 0 radical (unpaired) electrons. The molecule has 0 fully saturated rings. The fourth-order valence-corrected chi connectivity index (χ4v) is 4.60. The summed E-state index contributed by atoms with van der Waals surface area (Å²) in [4.78, 5) is 0. The fourth-order valence-electron chi connectivity index (χ4n) is 3.89. The maximum atomic E-state index is 11.7. The van der Waals surface area contributed by atoms with Crippen molar-refractivity contribution in [1.82, 2.24) is 0 Å². The van der Waals surface area contributed by atoms with Gasteiger partial charge in [-0.15, -0.1) is 0 Å². The van der Waals surface area contributed by atoms with Gasteiger partial charge in [0, 0.05) is 0 Å². The molecule has 0 aromatic rings. The second kappa shape index (κ2) is 28.1. The summed E-state index contributed by atoms with van der Waals surface area (Å²) in [6.07, 6.45) is 27.3. The Morgan fingerprint density at radius 1 is 0.438 bits per heavy atom. The summed E-state index contributed by atoms with van der Waals surface area (Å²) in [5.41, 5.74) is 0. The first-order valence-electron chi connectivity index (χ1n) is 13.7. The van der Waals surface area contributed by atoms with Gasteiger partial charge in [0.1, 0.15) is 0 Å². The number of rotatable bonds is 26. The van der Waals surface area contributed by atoms with Crippen LogP contribution in [0.5, 0.6) is 0 Å². The van der Waals surface area contributed by atoms with E-state index in [-0.39, 0.29) is 44.2 Å². The number of unbranched alkanes of at least 4 members (excludes halogenated alkanes) is 20. The standard InChI is InChI=1S/C26H54O4S.Na.H/c1-3-5-7-9-11-13-15-16-18-20-22-24-26-30-31(27,28)29-25-23-21-19-17-14-12-10-8-6-4-2;;/h3-26H2,1-2H3;;/q;+1;-1. The van der Waals surface area contributed by atoms with Crippen molar-refractivity contribution < 1.29 is 47.8 Å². The summed E-state index contributed by atoms with van der Waals surface area (Å²) in [6.45, 7) is 4.99. The summed E-state index contributed by atoms with van der Waals surface area (Å²) in [6, 6.07) is 0. The molecule has 0 saturated carbocycles. The first kappa shape index (κ1) is 35.0. The Balaban J connectivity index is -0.00000450. The van der Waals surface area contributed by atoms with Gasteiger partial charge in [0.25, 0.3) is 0 Å². The van der Waals surface area contributed by atoms with Gasteiger partial charge in [-0.25, -0.2) is 8.37 Å². The fraction of sp³-hybridized carbons (Fsp3) is 1.00. The molecule has 6 heteroatoms. The average molecular weight is 487 g/mol. The van der Waals surface area contributed by atoms with E-state index >= 15 is 0 Å². The smallest absolute Gasteiger partial charge is 1.00 e. The van der Waals surface area contributed by atoms with Crippen molar-refractivity contribution in [2.45, 2.75) is 155 Å². The van der Waals surface area contributed by atoms with E-state index in [0.717, 1.165) is 32.1 Å². The first-order valence-corrected chi connectivity index (χ1v) is 15.0. The molecule has 0 spiro atoms. The van der Waals surface area contributed by atoms with Gasteiger partial charge < -0.3 is 1.43 Å². The summed E-state index contributed by atoms with van der Waals surface area (Å²) < 4.78 is 33.4. The predicted octanol–water partition coefficient (Wildman–Crippen LogP) is 6.00. The Morgan fingerprint density at radius 3 is 0.906 bits per heavy atom. The van der Waals surface area contributed by atoms with Crippen LogP contribution in [0.3, 0.4) is 0 Å². The summed E-state index contributed by atoms with van der Waals surface area (Å²) in [5, 5.41) is 0. The second-order valence-corrected chi connectivity index (χ2v) is 10.4. The molecule has 190 valence electrons. The van der Waals surface area contributed by atoms with E-state index in [1.807, 2.05) is 0 Å². The van der Waals surface area contributed by atoms with Crippen LogP contribution in [0.15, 0.2) is 0 Å². The number of hydrogen-bond acceptors (Lipinski definition) is 4. The molecule has 0 aromatic heterocycles. The van der Waals surface area contributed by atoms with Gasteiger partial charge in [0.2, 0.25) is 0 Å². The van der Waals surface area contributed by atoms with Crippen LogP contribution in [-0.4, -0.2) is 21.6 Å². The first-order chi connectivity index (χ1) is 15.1. The molecule has 0 atom stereocenters. The summed E-state index contributed by atoms with van der Waals surface area (Å²) in [5.74, 6) is 0. The van der Waals surface area contributed by atoms with Crippen molar-refractivity contribution >= 4 is 10.4 Å². The number of hydrogen-bond donors (Lipinski definition) is 0. The van der Waals surface area contributed by atoms with Gasteiger partial charge in [-0.1, -0.05) is 142 Å². The van der Waals surface area contributed by atoms with Crippen molar-refractivity contribution in [3.05, 3.63) is 0 Å². The Hall–Kier alpha value is 0.870. The van der Waals surface area contributed by atoms with Crippen molar-refractivity contribution in [2.24, 2.45) is 0 Å². The van der Waals surface area contributed by atoms with Crippen LogP contribution < -0.4 is 29.6 Å². The molecule has 0 heterocycles. The van der Waals surface area contributed by atoms with E-state index in [4.69, 9.17) is 8.37 Å². The van der Waals surface area contributed by atoms with E-state index < -0.39 is 10.4 Å². The molecule has 32 heavy (non-hydrogen) atoms. The Labute approximate surface area is 225 Å². The molecular weight excluding hydrogens is 431 g/mol. The van der Waals surface area contributed by atoms with Crippen LogP contribution in [0.25, 0.3) is 0 Å². The molecule has 0 aliphatic heterocycles. The van der Waals surface area contributed by atoms with Gasteiger partial charge >= 0.3 is 40.0 Å². The Kier molecular flexibility index (Phi) is 30.8. The third kappa shape index (κ3) is 28.9. The second-order valence-electron chi connectivity index (χ2n) is 9.12. The van der Waals surface area contributed by atoms with Crippen molar-refractivity contribution in [2.75, 3.05) is 13.2 Å². The van der Waals surface area contributed by atoms with E-state index in [1.54, 1.807) is 0 Å². The normalized spacial score (nSPS) is 11.6. The minimum Gasteiger partial charge on any atom is -1.00 e. The van der Waals surface area contributed by atoms with Crippen LogP contribution >= 0.6 is 0 Å². The molecule has 4 nitrogen and oxygen atoms in total. The Morgan fingerprint density at radius 2 is 0.656 bits per heavy atom. The van der Waals surface area contributed by atoms with Crippen molar-refractivity contribution in [3.8, 4) is 0 Å². The molecule has 0 aliphatic rings. The summed E-state index contributed by atoms with van der Waals surface area (Å²) in [7, 11) is -3.81. The third-order valence-corrected chi connectivity index (χ3v) is 6.86. The molecule has 0 bridgehead atoms. The molecule has 0 rings (SSSR count). The van der Waals surface area contributed by atoms with E-state index in [0.29, 0.717) is 0 Å². The molecule has 0 N–H and O–H groups in total. The van der Waals surface area contributed by atoms with Crippen LogP contribution in [-0.2, 0) is 18.8 Å². The zero-order valence-corrected chi connectivity index (χ0v) is 24.8. The van der Waals surface area contributed by atoms with Gasteiger partial charge in [-0.3, -0.25) is 0 Å². The maximum absolute atomic E-state index is 11.7. The van der Waals surface area contributed by atoms with Crippen molar-refractivity contribution in [3.63, 3.8) is 0 Å². The molecule has 0 saturated heterocycles. The van der Waals surface area contributed by atoms with Crippen molar-refractivity contribution in [1.29, 1.82) is 0 Å². The van der Waals surface area contributed by atoms with Crippen LogP contribution in [0.4, 0.5) is 0 Å². The molecule has 0 unspecified atom stereocenters. The molecule has 0 aromatic carbocycles. The van der Waals surface area contributed by atoms with Gasteiger partial charge in [-0.2, -0.15) is 8.42 Å². The van der Waals surface area contributed by atoms with Crippen LogP contribution in [0, 0.1) is 0 Å². The molecule has 0 aliphatic carbocycles. The zero-order chi connectivity index (χ0) is 22.9. The van der Waals surface area contributed by atoms with Crippen LogP contribution in [0.2, 0.25) is 0 Å². The molecular formula is C26H55NaO4S. The van der Waals surface area contributed by atoms with E-state index in [1.165, 1.54) is 109 Å². The van der Waals surface area contributed by atoms with Gasteiger partial charge in [-0.05, 0) is 12.8 Å². The van der Waals surface area contributed by atoms with E-state index in [2.05, 4.69) is 13.8 Å². The van der Waals surface area contributed by atoms with E-state index in [9.17, 15) is 8.42 Å². The minimum atomic E-state index is -3.81. The summed E-state index contributed by atoms with van der Waals surface area (Å²) >= 11 is 0. The van der Waals surface area contributed by atoms with Gasteiger partial charge in [0.15, 0.2) is 0 Å². The quantitative estimate of drug-likeness (QED) is 0.111. The predicted molar refractivity (Wildman–Crippen MR) is 135 cm³/mol. The Bertz CT molecular complexity index is 450. The third-order valence-electron chi connectivity index (χ3n) is 5.95. The maximum Gasteiger partial charge on any atom is 1.00 e. The SMILES string of the molecule is CCCCCCCCCCCCCCOS(=O)(=O)OCCCCCCCCCCCC.[H-].[Na+].